The Balaban J connectivity index is 1.81. The average molecular weight is 431 g/mol. The lowest BCUT2D eigenvalue weighted by Gasteiger charge is -2.12. The van der Waals surface area contributed by atoms with Gasteiger partial charge in [-0.25, -0.2) is 4.39 Å². The third-order valence-corrected chi connectivity index (χ3v) is 5.02. The standard InChI is InChI=1S/C27H27FN2O2/c1-3-4-5-20-8-12-22(13-9-20)26(31)30-25(18-21-10-14-23(28)15-11-21)27(32)29-24-16-6-19(2)7-17-24/h6-18H,3-5H2,1-2H3,(H,29,32)(H,30,31). The Morgan fingerprint density at radius 2 is 1.56 bits per heavy atom. The molecule has 3 rings (SSSR count). The average Bonchev–Trinajstić information content (AvgIpc) is 2.80. The minimum atomic E-state index is -0.467. The molecule has 0 aliphatic heterocycles. The highest BCUT2D eigenvalue weighted by molar-refractivity contribution is 6.10. The molecule has 0 spiro atoms. The van der Waals surface area contributed by atoms with Gasteiger partial charge in [-0.05, 0) is 73.4 Å². The van der Waals surface area contributed by atoms with E-state index >= 15 is 0 Å². The van der Waals surface area contributed by atoms with E-state index in [1.807, 2.05) is 31.2 Å². The van der Waals surface area contributed by atoms with Crippen LogP contribution >= 0.6 is 0 Å². The number of nitrogens with one attached hydrogen (secondary N) is 2. The largest absolute Gasteiger partial charge is 0.321 e. The number of amides is 2. The molecule has 0 saturated carbocycles. The van der Waals surface area contributed by atoms with Crippen molar-refractivity contribution in [3.63, 3.8) is 0 Å². The van der Waals surface area contributed by atoms with Crippen molar-refractivity contribution >= 4 is 23.6 Å². The molecule has 0 bridgehead atoms. The van der Waals surface area contributed by atoms with Crippen molar-refractivity contribution in [2.24, 2.45) is 0 Å². The second kappa shape index (κ2) is 11.0. The molecular formula is C27H27FN2O2. The Morgan fingerprint density at radius 1 is 0.906 bits per heavy atom. The van der Waals surface area contributed by atoms with Gasteiger partial charge in [0.1, 0.15) is 11.5 Å². The molecule has 0 atom stereocenters. The minimum absolute atomic E-state index is 0.0669. The molecule has 164 valence electrons. The number of hydrogen-bond acceptors (Lipinski definition) is 2. The number of carbonyl (C=O) groups is 2. The van der Waals surface area contributed by atoms with Crippen LogP contribution < -0.4 is 10.6 Å². The Kier molecular flexibility index (Phi) is 7.92. The maximum Gasteiger partial charge on any atom is 0.272 e. The molecular weight excluding hydrogens is 403 g/mol. The highest BCUT2D eigenvalue weighted by Crippen LogP contribution is 2.14. The highest BCUT2D eigenvalue weighted by atomic mass is 19.1. The van der Waals surface area contributed by atoms with Crippen molar-refractivity contribution in [2.75, 3.05) is 5.32 Å². The summed E-state index contributed by atoms with van der Waals surface area (Å²) >= 11 is 0. The lowest BCUT2D eigenvalue weighted by Crippen LogP contribution is -2.30. The second-order valence-electron chi connectivity index (χ2n) is 7.68. The maximum absolute atomic E-state index is 13.3. The quantitative estimate of drug-likeness (QED) is 0.438. The molecule has 0 radical (unpaired) electrons. The number of aryl methyl sites for hydroxylation is 2. The summed E-state index contributed by atoms with van der Waals surface area (Å²) in [5, 5.41) is 5.50. The summed E-state index contributed by atoms with van der Waals surface area (Å²) in [4.78, 5) is 25.8. The lowest BCUT2D eigenvalue weighted by molar-refractivity contribution is -0.113. The molecule has 3 aromatic rings. The molecule has 5 heteroatoms. The van der Waals surface area contributed by atoms with E-state index in [4.69, 9.17) is 0 Å². The molecule has 0 heterocycles. The molecule has 0 unspecified atom stereocenters. The second-order valence-corrected chi connectivity index (χ2v) is 7.68. The molecule has 2 N–H and O–H groups in total. The fraction of sp³-hybridized carbons (Fsp3) is 0.185. The summed E-state index contributed by atoms with van der Waals surface area (Å²) in [7, 11) is 0. The first-order valence-electron chi connectivity index (χ1n) is 10.7. The molecule has 0 aliphatic carbocycles. The zero-order chi connectivity index (χ0) is 22.9. The maximum atomic E-state index is 13.3. The normalized spacial score (nSPS) is 11.2. The van der Waals surface area contributed by atoms with Crippen molar-refractivity contribution in [3.05, 3.63) is 107 Å². The molecule has 0 aliphatic rings. The number of unbranched alkanes of at least 4 members (excludes halogenated alkanes) is 1. The number of hydrogen-bond donors (Lipinski definition) is 2. The van der Waals surface area contributed by atoms with Crippen LogP contribution in [0.3, 0.4) is 0 Å². The number of anilines is 1. The van der Waals surface area contributed by atoms with E-state index in [2.05, 4.69) is 17.6 Å². The predicted octanol–water partition coefficient (Wildman–Crippen LogP) is 5.89. The summed E-state index contributed by atoms with van der Waals surface area (Å²) in [6.45, 7) is 4.09. The molecule has 3 aromatic carbocycles. The van der Waals surface area contributed by atoms with Crippen LogP contribution in [0.25, 0.3) is 6.08 Å². The first-order chi connectivity index (χ1) is 15.4. The Hall–Kier alpha value is -3.73. The van der Waals surface area contributed by atoms with Crippen molar-refractivity contribution in [1.29, 1.82) is 0 Å². The van der Waals surface area contributed by atoms with Crippen molar-refractivity contribution in [3.8, 4) is 0 Å². The van der Waals surface area contributed by atoms with Crippen molar-refractivity contribution in [2.45, 2.75) is 33.1 Å². The van der Waals surface area contributed by atoms with Crippen LogP contribution in [0.1, 0.15) is 46.8 Å². The van der Waals surface area contributed by atoms with E-state index in [0.717, 1.165) is 24.8 Å². The van der Waals surface area contributed by atoms with Crippen LogP contribution in [-0.4, -0.2) is 11.8 Å². The molecule has 32 heavy (non-hydrogen) atoms. The summed E-state index contributed by atoms with van der Waals surface area (Å²) in [5.74, 6) is -1.23. The van der Waals surface area contributed by atoms with Crippen molar-refractivity contribution < 1.29 is 14.0 Å². The fourth-order valence-corrected chi connectivity index (χ4v) is 3.12. The lowest BCUT2D eigenvalue weighted by atomic mass is 10.1. The van der Waals surface area contributed by atoms with Gasteiger partial charge in [0, 0.05) is 11.3 Å². The van der Waals surface area contributed by atoms with Gasteiger partial charge in [-0.15, -0.1) is 0 Å². The monoisotopic (exact) mass is 430 g/mol. The molecule has 4 nitrogen and oxygen atoms in total. The van der Waals surface area contributed by atoms with Crippen LogP contribution in [-0.2, 0) is 11.2 Å². The predicted molar refractivity (Wildman–Crippen MR) is 127 cm³/mol. The van der Waals surface area contributed by atoms with Crippen LogP contribution in [0.5, 0.6) is 0 Å². The smallest absolute Gasteiger partial charge is 0.272 e. The highest BCUT2D eigenvalue weighted by Gasteiger charge is 2.15. The van der Waals surface area contributed by atoms with E-state index in [-0.39, 0.29) is 17.4 Å². The summed E-state index contributed by atoms with van der Waals surface area (Å²) < 4.78 is 13.3. The third kappa shape index (κ3) is 6.64. The van der Waals surface area contributed by atoms with Gasteiger partial charge in [-0.1, -0.05) is 55.3 Å². The summed E-state index contributed by atoms with van der Waals surface area (Å²) in [6.07, 6.45) is 4.69. The SMILES string of the molecule is CCCCc1ccc(C(=O)NC(=Cc2ccc(F)cc2)C(=O)Nc2ccc(C)cc2)cc1. The Labute approximate surface area is 188 Å². The van der Waals surface area contributed by atoms with E-state index in [1.54, 1.807) is 36.4 Å². The van der Waals surface area contributed by atoms with Crippen LogP contribution in [0.2, 0.25) is 0 Å². The molecule has 0 fully saturated rings. The third-order valence-electron chi connectivity index (χ3n) is 5.02. The van der Waals surface area contributed by atoms with Gasteiger partial charge in [0.25, 0.3) is 11.8 Å². The van der Waals surface area contributed by atoms with Gasteiger partial charge >= 0.3 is 0 Å². The molecule has 2 amide bonds. The number of benzene rings is 3. The fourth-order valence-electron chi connectivity index (χ4n) is 3.12. The minimum Gasteiger partial charge on any atom is -0.321 e. The van der Waals surface area contributed by atoms with Gasteiger partial charge in [-0.2, -0.15) is 0 Å². The van der Waals surface area contributed by atoms with Gasteiger partial charge in [0.2, 0.25) is 0 Å². The zero-order valence-corrected chi connectivity index (χ0v) is 18.3. The first kappa shape index (κ1) is 22.9. The van der Waals surface area contributed by atoms with Crippen LogP contribution in [0.15, 0.2) is 78.5 Å². The van der Waals surface area contributed by atoms with Gasteiger partial charge in [0.15, 0.2) is 0 Å². The van der Waals surface area contributed by atoms with Gasteiger partial charge in [0.05, 0.1) is 0 Å². The van der Waals surface area contributed by atoms with E-state index in [9.17, 15) is 14.0 Å². The number of halogens is 1. The molecule has 0 aromatic heterocycles. The van der Waals surface area contributed by atoms with Gasteiger partial charge < -0.3 is 10.6 Å². The Morgan fingerprint density at radius 3 is 2.19 bits per heavy atom. The first-order valence-corrected chi connectivity index (χ1v) is 10.7. The Bertz CT molecular complexity index is 1090. The van der Waals surface area contributed by atoms with Gasteiger partial charge in [-0.3, -0.25) is 9.59 Å². The van der Waals surface area contributed by atoms with E-state index in [1.165, 1.54) is 23.8 Å². The number of carbonyl (C=O) groups excluding carboxylic acids is 2. The van der Waals surface area contributed by atoms with Crippen molar-refractivity contribution in [1.82, 2.24) is 5.32 Å². The van der Waals surface area contributed by atoms with E-state index in [0.29, 0.717) is 16.8 Å². The zero-order valence-electron chi connectivity index (χ0n) is 18.3. The van der Waals surface area contributed by atoms with Crippen LogP contribution in [0, 0.1) is 12.7 Å². The molecule has 0 saturated heterocycles. The topological polar surface area (TPSA) is 58.2 Å². The number of rotatable bonds is 8. The van der Waals surface area contributed by atoms with E-state index < -0.39 is 5.91 Å². The summed E-state index contributed by atoms with van der Waals surface area (Å²) in [5.41, 5.74) is 3.97. The van der Waals surface area contributed by atoms with Crippen LogP contribution in [0.4, 0.5) is 10.1 Å². The summed E-state index contributed by atoms with van der Waals surface area (Å²) in [6, 6.07) is 20.4.